The van der Waals surface area contributed by atoms with Gasteiger partial charge in [-0.1, -0.05) is 18.2 Å². The van der Waals surface area contributed by atoms with Crippen LogP contribution in [0.25, 0.3) is 33.4 Å². The van der Waals surface area contributed by atoms with Gasteiger partial charge in [0.15, 0.2) is 23.3 Å². The van der Waals surface area contributed by atoms with Crippen molar-refractivity contribution in [3.8, 4) is 22.5 Å². The SMILES string of the molecule is CNc1nc(-c2cccnc2)nc2c(F)c(-c3cccc(F)c3F)ccc12. The largest absolute Gasteiger partial charge is 0.373 e. The van der Waals surface area contributed by atoms with Crippen molar-refractivity contribution in [3.63, 3.8) is 0 Å². The molecule has 0 saturated carbocycles. The summed E-state index contributed by atoms with van der Waals surface area (Å²) >= 11 is 0. The zero-order valence-electron chi connectivity index (χ0n) is 14.2. The third-order valence-electron chi connectivity index (χ3n) is 4.20. The molecule has 27 heavy (non-hydrogen) atoms. The number of anilines is 1. The molecule has 2 heterocycles. The lowest BCUT2D eigenvalue weighted by Crippen LogP contribution is -2.01. The van der Waals surface area contributed by atoms with E-state index >= 15 is 4.39 Å². The minimum Gasteiger partial charge on any atom is -0.373 e. The van der Waals surface area contributed by atoms with Crippen LogP contribution in [0.15, 0.2) is 54.9 Å². The molecule has 0 aliphatic carbocycles. The van der Waals surface area contributed by atoms with Gasteiger partial charge in [0.1, 0.15) is 11.3 Å². The van der Waals surface area contributed by atoms with E-state index in [-0.39, 0.29) is 22.5 Å². The molecule has 0 unspecified atom stereocenters. The lowest BCUT2D eigenvalue weighted by atomic mass is 10.0. The number of pyridine rings is 1. The van der Waals surface area contributed by atoms with E-state index in [1.165, 1.54) is 18.2 Å². The van der Waals surface area contributed by atoms with Crippen molar-refractivity contribution >= 4 is 16.7 Å². The Morgan fingerprint density at radius 1 is 0.852 bits per heavy atom. The van der Waals surface area contributed by atoms with Crippen molar-refractivity contribution in [2.45, 2.75) is 0 Å². The second kappa shape index (κ2) is 6.68. The Morgan fingerprint density at radius 3 is 2.41 bits per heavy atom. The van der Waals surface area contributed by atoms with Crippen molar-refractivity contribution in [1.29, 1.82) is 0 Å². The van der Waals surface area contributed by atoms with E-state index in [9.17, 15) is 8.78 Å². The molecule has 2 aromatic carbocycles. The van der Waals surface area contributed by atoms with Crippen LogP contribution in [0.5, 0.6) is 0 Å². The zero-order valence-corrected chi connectivity index (χ0v) is 14.2. The maximum atomic E-state index is 15.3. The van der Waals surface area contributed by atoms with E-state index in [4.69, 9.17) is 0 Å². The number of rotatable bonds is 3. The van der Waals surface area contributed by atoms with Gasteiger partial charge >= 0.3 is 0 Å². The zero-order chi connectivity index (χ0) is 19.0. The van der Waals surface area contributed by atoms with Crippen molar-refractivity contribution in [2.24, 2.45) is 0 Å². The smallest absolute Gasteiger partial charge is 0.166 e. The van der Waals surface area contributed by atoms with E-state index in [2.05, 4.69) is 20.3 Å². The Bertz CT molecular complexity index is 1150. The highest BCUT2D eigenvalue weighted by molar-refractivity contribution is 5.94. The first-order valence-electron chi connectivity index (χ1n) is 8.13. The van der Waals surface area contributed by atoms with Gasteiger partial charge in [-0.25, -0.2) is 23.1 Å². The second-order valence-corrected chi connectivity index (χ2v) is 5.81. The lowest BCUT2D eigenvalue weighted by Gasteiger charge is -2.12. The Labute approximate surface area is 152 Å². The molecule has 1 N–H and O–H groups in total. The summed E-state index contributed by atoms with van der Waals surface area (Å²) in [7, 11) is 1.66. The summed E-state index contributed by atoms with van der Waals surface area (Å²) in [5.74, 6) is -2.20. The quantitative estimate of drug-likeness (QED) is 0.565. The van der Waals surface area contributed by atoms with Gasteiger partial charge in [-0.2, -0.15) is 0 Å². The van der Waals surface area contributed by atoms with E-state index < -0.39 is 17.5 Å². The third kappa shape index (κ3) is 2.87. The molecule has 4 aromatic rings. The minimum absolute atomic E-state index is 0.00867. The van der Waals surface area contributed by atoms with Crippen molar-refractivity contribution in [3.05, 3.63) is 72.3 Å². The summed E-state index contributed by atoms with van der Waals surface area (Å²) in [4.78, 5) is 12.7. The van der Waals surface area contributed by atoms with Gasteiger partial charge in [0.2, 0.25) is 0 Å². The summed E-state index contributed by atoms with van der Waals surface area (Å²) in [6.45, 7) is 0. The molecule has 2 aromatic heterocycles. The highest BCUT2D eigenvalue weighted by Gasteiger charge is 2.19. The topological polar surface area (TPSA) is 50.7 Å². The number of fused-ring (bicyclic) bond motifs is 1. The Balaban J connectivity index is 2.00. The average molecular weight is 366 g/mol. The monoisotopic (exact) mass is 366 g/mol. The first-order valence-corrected chi connectivity index (χ1v) is 8.13. The number of hydrogen-bond donors (Lipinski definition) is 1. The molecule has 0 bridgehead atoms. The minimum atomic E-state index is -1.11. The third-order valence-corrected chi connectivity index (χ3v) is 4.20. The van der Waals surface area contributed by atoms with Crippen LogP contribution in [-0.4, -0.2) is 22.0 Å². The Hall–Kier alpha value is -3.48. The van der Waals surface area contributed by atoms with Crippen LogP contribution < -0.4 is 5.32 Å². The summed E-state index contributed by atoms with van der Waals surface area (Å²) in [5, 5.41) is 3.35. The molecule has 0 fully saturated rings. The number of halogens is 3. The van der Waals surface area contributed by atoms with E-state index in [1.807, 2.05) is 0 Å². The first kappa shape index (κ1) is 17.0. The molecule has 4 rings (SSSR count). The van der Waals surface area contributed by atoms with Crippen LogP contribution in [0.1, 0.15) is 0 Å². The summed E-state index contributed by atoms with van der Waals surface area (Å²) in [6.07, 6.45) is 3.17. The Kier molecular flexibility index (Phi) is 4.19. The lowest BCUT2D eigenvalue weighted by molar-refractivity contribution is 0.510. The van der Waals surface area contributed by atoms with E-state index in [1.54, 1.807) is 37.6 Å². The molecule has 134 valence electrons. The standard InChI is InChI=1S/C20H13F3N4/c1-24-20-14-8-7-13(12-5-2-6-15(21)16(12)22)17(23)18(14)26-19(27-20)11-4-3-9-25-10-11/h2-10H,1H3,(H,24,26,27). The fourth-order valence-electron chi connectivity index (χ4n) is 2.90. The Morgan fingerprint density at radius 2 is 1.67 bits per heavy atom. The van der Waals surface area contributed by atoms with E-state index in [0.717, 1.165) is 6.07 Å². The van der Waals surface area contributed by atoms with Crippen molar-refractivity contribution < 1.29 is 13.2 Å². The molecule has 0 atom stereocenters. The predicted molar refractivity (Wildman–Crippen MR) is 97.6 cm³/mol. The fraction of sp³-hybridized carbons (Fsp3) is 0.0500. The van der Waals surface area contributed by atoms with Crippen LogP contribution in [0.4, 0.5) is 19.0 Å². The van der Waals surface area contributed by atoms with Crippen molar-refractivity contribution in [2.75, 3.05) is 12.4 Å². The van der Waals surface area contributed by atoms with Gasteiger partial charge in [0.25, 0.3) is 0 Å². The maximum absolute atomic E-state index is 15.3. The van der Waals surface area contributed by atoms with Gasteiger partial charge in [0, 0.05) is 41.5 Å². The number of aromatic nitrogens is 3. The molecule has 0 amide bonds. The molecule has 0 aliphatic rings. The molecule has 0 aliphatic heterocycles. The van der Waals surface area contributed by atoms with Gasteiger partial charge < -0.3 is 5.32 Å². The first-order chi connectivity index (χ1) is 13.1. The molecule has 0 saturated heterocycles. The summed E-state index contributed by atoms with van der Waals surface area (Å²) in [5.41, 5.74) is 0.381. The highest BCUT2D eigenvalue weighted by atomic mass is 19.2. The van der Waals surface area contributed by atoms with Crippen LogP contribution in [0.2, 0.25) is 0 Å². The summed E-state index contributed by atoms with van der Waals surface area (Å²) in [6, 6.07) is 10.1. The molecule has 7 heteroatoms. The van der Waals surface area contributed by atoms with Crippen LogP contribution in [-0.2, 0) is 0 Å². The molecular weight excluding hydrogens is 353 g/mol. The van der Waals surface area contributed by atoms with Crippen molar-refractivity contribution in [1.82, 2.24) is 15.0 Å². The number of benzene rings is 2. The fourth-order valence-corrected chi connectivity index (χ4v) is 2.90. The van der Waals surface area contributed by atoms with Gasteiger partial charge in [-0.15, -0.1) is 0 Å². The normalized spacial score (nSPS) is 11.0. The van der Waals surface area contributed by atoms with Gasteiger partial charge in [-0.05, 0) is 24.3 Å². The highest BCUT2D eigenvalue weighted by Crippen LogP contribution is 2.33. The summed E-state index contributed by atoms with van der Waals surface area (Å²) < 4.78 is 43.0. The maximum Gasteiger partial charge on any atom is 0.166 e. The van der Waals surface area contributed by atoms with Gasteiger partial charge in [0.05, 0.1) is 0 Å². The number of hydrogen-bond acceptors (Lipinski definition) is 4. The van der Waals surface area contributed by atoms with Crippen LogP contribution in [0.3, 0.4) is 0 Å². The van der Waals surface area contributed by atoms with Crippen LogP contribution in [0, 0.1) is 17.5 Å². The molecule has 0 radical (unpaired) electrons. The molecular formula is C20H13F3N4. The number of nitrogens with one attached hydrogen (secondary N) is 1. The molecule has 0 spiro atoms. The average Bonchev–Trinajstić information content (AvgIpc) is 2.71. The predicted octanol–water partition coefficient (Wildman–Crippen LogP) is 4.82. The second-order valence-electron chi connectivity index (χ2n) is 5.81. The van der Waals surface area contributed by atoms with Crippen LogP contribution >= 0.6 is 0 Å². The van der Waals surface area contributed by atoms with E-state index in [0.29, 0.717) is 16.8 Å². The van der Waals surface area contributed by atoms with Gasteiger partial charge in [-0.3, -0.25) is 4.98 Å². The number of nitrogens with zero attached hydrogens (tertiary/aromatic N) is 3. The molecule has 4 nitrogen and oxygen atoms in total.